The van der Waals surface area contributed by atoms with Gasteiger partial charge in [0.1, 0.15) is 5.82 Å². The maximum Gasteiger partial charge on any atom is 0.308 e. The first-order valence-electron chi connectivity index (χ1n) is 6.78. The van der Waals surface area contributed by atoms with E-state index in [0.29, 0.717) is 6.04 Å². The number of halogens is 1. The highest BCUT2D eigenvalue weighted by Gasteiger charge is 2.49. The minimum Gasteiger partial charge on any atom is -0.481 e. The number of fused-ring (bicyclic) bond motifs is 2. The molecule has 19 heavy (non-hydrogen) atoms. The van der Waals surface area contributed by atoms with E-state index in [9.17, 15) is 14.3 Å². The Hall–Kier alpha value is -1.42. The molecule has 1 aromatic rings. The van der Waals surface area contributed by atoms with E-state index in [1.807, 2.05) is 7.05 Å². The van der Waals surface area contributed by atoms with Gasteiger partial charge >= 0.3 is 5.97 Å². The summed E-state index contributed by atoms with van der Waals surface area (Å²) >= 11 is 0. The molecule has 2 heterocycles. The Bertz CT molecular complexity index is 487. The van der Waals surface area contributed by atoms with Crippen LogP contribution in [-0.2, 0) is 4.79 Å². The van der Waals surface area contributed by atoms with Gasteiger partial charge < -0.3 is 5.11 Å². The van der Waals surface area contributed by atoms with Crippen molar-refractivity contribution in [3.63, 3.8) is 0 Å². The highest BCUT2D eigenvalue weighted by atomic mass is 19.1. The van der Waals surface area contributed by atoms with Gasteiger partial charge in [0, 0.05) is 18.0 Å². The van der Waals surface area contributed by atoms with Crippen LogP contribution in [0.1, 0.15) is 30.7 Å². The molecule has 1 unspecified atom stereocenters. The van der Waals surface area contributed by atoms with Crippen molar-refractivity contribution >= 4 is 5.97 Å². The van der Waals surface area contributed by atoms with Gasteiger partial charge in [-0.2, -0.15) is 0 Å². The van der Waals surface area contributed by atoms with Gasteiger partial charge in [-0.05, 0) is 44.0 Å². The molecule has 0 aromatic heterocycles. The third-order valence-corrected chi connectivity index (χ3v) is 4.85. The zero-order valence-corrected chi connectivity index (χ0v) is 10.9. The zero-order chi connectivity index (χ0) is 13.6. The van der Waals surface area contributed by atoms with Crippen LogP contribution in [0.2, 0.25) is 0 Å². The summed E-state index contributed by atoms with van der Waals surface area (Å²) in [6.07, 6.45) is 2.88. The minimum atomic E-state index is -0.730. The predicted molar refractivity (Wildman–Crippen MR) is 69.5 cm³/mol. The topological polar surface area (TPSA) is 40.5 Å². The third kappa shape index (κ3) is 2.04. The van der Waals surface area contributed by atoms with E-state index in [2.05, 4.69) is 4.90 Å². The number of hydrogen-bond donors (Lipinski definition) is 1. The van der Waals surface area contributed by atoms with Crippen molar-refractivity contribution in [2.24, 2.45) is 5.92 Å². The number of rotatable bonds is 2. The van der Waals surface area contributed by atoms with E-state index in [1.54, 1.807) is 12.1 Å². The first-order chi connectivity index (χ1) is 9.08. The Morgan fingerprint density at radius 1 is 1.32 bits per heavy atom. The molecule has 3 nitrogen and oxygen atoms in total. The Balaban J connectivity index is 1.95. The Kier molecular flexibility index (Phi) is 3.05. The molecule has 0 amide bonds. The van der Waals surface area contributed by atoms with Crippen LogP contribution in [0.15, 0.2) is 24.3 Å². The van der Waals surface area contributed by atoms with E-state index in [-0.39, 0.29) is 23.7 Å². The summed E-state index contributed by atoms with van der Waals surface area (Å²) in [7, 11) is 2.03. The Labute approximate surface area is 112 Å². The number of aliphatic carboxylic acids is 1. The fraction of sp³-hybridized carbons (Fsp3) is 0.533. The minimum absolute atomic E-state index is 0.00630. The van der Waals surface area contributed by atoms with Crippen LogP contribution >= 0.6 is 0 Å². The predicted octanol–water partition coefficient (Wildman–Crippen LogP) is 2.48. The van der Waals surface area contributed by atoms with Gasteiger partial charge in [-0.1, -0.05) is 12.1 Å². The number of hydrogen-bond acceptors (Lipinski definition) is 2. The molecule has 2 aliphatic rings. The Morgan fingerprint density at radius 2 is 2.00 bits per heavy atom. The standard InChI is InChI=1S/C15H18FNO2/c1-17-11-6-7-13(17)14(15(18)19)12(8-11)9-2-4-10(16)5-3-9/h2-5,11-14H,6-8H2,1H3,(H,18,19)/t11?,12-,13-,14+/m1/s1. The number of carbonyl (C=O) groups is 1. The second-order valence-electron chi connectivity index (χ2n) is 5.72. The van der Waals surface area contributed by atoms with Gasteiger partial charge in [0.2, 0.25) is 0 Å². The maximum absolute atomic E-state index is 13.0. The van der Waals surface area contributed by atoms with Crippen LogP contribution < -0.4 is 0 Å². The van der Waals surface area contributed by atoms with Crippen LogP contribution in [-0.4, -0.2) is 35.1 Å². The fourth-order valence-corrected chi connectivity index (χ4v) is 3.86. The number of piperidine rings is 1. The average molecular weight is 263 g/mol. The van der Waals surface area contributed by atoms with Crippen molar-refractivity contribution in [2.45, 2.75) is 37.3 Å². The van der Waals surface area contributed by atoms with Crippen LogP contribution in [0.3, 0.4) is 0 Å². The molecule has 2 aliphatic heterocycles. The van der Waals surface area contributed by atoms with E-state index < -0.39 is 5.97 Å². The zero-order valence-electron chi connectivity index (χ0n) is 10.9. The van der Waals surface area contributed by atoms with Gasteiger partial charge in [0.15, 0.2) is 0 Å². The first-order valence-corrected chi connectivity index (χ1v) is 6.78. The molecular formula is C15H18FNO2. The molecule has 2 saturated heterocycles. The molecule has 4 heteroatoms. The summed E-state index contributed by atoms with van der Waals surface area (Å²) in [6.45, 7) is 0. The second kappa shape index (κ2) is 4.60. The molecule has 2 fully saturated rings. The van der Waals surface area contributed by atoms with Crippen molar-refractivity contribution in [1.82, 2.24) is 4.90 Å². The second-order valence-corrected chi connectivity index (χ2v) is 5.72. The highest BCUT2D eigenvalue weighted by Crippen LogP contribution is 2.46. The van der Waals surface area contributed by atoms with Crippen molar-refractivity contribution in [1.29, 1.82) is 0 Å². The van der Waals surface area contributed by atoms with E-state index in [1.165, 1.54) is 12.1 Å². The lowest BCUT2D eigenvalue weighted by atomic mass is 9.76. The van der Waals surface area contributed by atoms with Crippen molar-refractivity contribution in [3.8, 4) is 0 Å². The van der Waals surface area contributed by atoms with Gasteiger partial charge in [0.25, 0.3) is 0 Å². The van der Waals surface area contributed by atoms with Crippen molar-refractivity contribution in [3.05, 3.63) is 35.6 Å². The lowest BCUT2D eigenvalue weighted by molar-refractivity contribution is -0.146. The monoisotopic (exact) mass is 263 g/mol. The van der Waals surface area contributed by atoms with Gasteiger partial charge in [-0.15, -0.1) is 0 Å². The average Bonchev–Trinajstić information content (AvgIpc) is 2.63. The van der Waals surface area contributed by atoms with Crippen LogP contribution in [0.25, 0.3) is 0 Å². The highest BCUT2D eigenvalue weighted by molar-refractivity contribution is 5.73. The first kappa shape index (κ1) is 12.6. The van der Waals surface area contributed by atoms with Crippen molar-refractivity contribution in [2.75, 3.05) is 7.05 Å². The van der Waals surface area contributed by atoms with Crippen molar-refractivity contribution < 1.29 is 14.3 Å². The molecule has 102 valence electrons. The summed E-state index contributed by atoms with van der Waals surface area (Å²) in [5.74, 6) is -1.38. The summed E-state index contributed by atoms with van der Waals surface area (Å²) in [5, 5.41) is 9.56. The van der Waals surface area contributed by atoms with E-state index >= 15 is 0 Å². The molecular weight excluding hydrogens is 245 g/mol. The normalized spacial score (nSPS) is 34.4. The molecule has 0 saturated carbocycles. The lowest BCUT2D eigenvalue weighted by Gasteiger charge is -2.41. The summed E-state index contributed by atoms with van der Waals surface area (Å²) in [5.41, 5.74) is 0.957. The third-order valence-electron chi connectivity index (χ3n) is 4.85. The smallest absolute Gasteiger partial charge is 0.308 e. The fourth-order valence-electron chi connectivity index (χ4n) is 3.86. The number of carboxylic acid groups (broad SMARTS) is 1. The lowest BCUT2D eigenvalue weighted by Crippen LogP contribution is -2.48. The molecule has 0 spiro atoms. The SMILES string of the molecule is CN1C2CC[C@@H]1[C@@H](C(=O)O)[C@@H](c1ccc(F)cc1)C2. The summed E-state index contributed by atoms with van der Waals surface area (Å²) in [6, 6.07) is 6.91. The van der Waals surface area contributed by atoms with E-state index in [0.717, 1.165) is 24.8 Å². The van der Waals surface area contributed by atoms with Gasteiger partial charge in [-0.3, -0.25) is 9.69 Å². The molecule has 1 N–H and O–H groups in total. The summed E-state index contributed by atoms with van der Waals surface area (Å²) in [4.78, 5) is 13.9. The molecule has 2 bridgehead atoms. The molecule has 0 radical (unpaired) electrons. The largest absolute Gasteiger partial charge is 0.481 e. The number of carboxylic acids is 1. The molecule has 4 atom stereocenters. The number of nitrogens with zero attached hydrogens (tertiary/aromatic N) is 1. The van der Waals surface area contributed by atoms with Gasteiger partial charge in [0.05, 0.1) is 5.92 Å². The number of benzene rings is 1. The van der Waals surface area contributed by atoms with Gasteiger partial charge in [-0.25, -0.2) is 4.39 Å². The van der Waals surface area contributed by atoms with Crippen LogP contribution in [0.4, 0.5) is 4.39 Å². The quantitative estimate of drug-likeness (QED) is 0.891. The molecule has 1 aromatic carbocycles. The van der Waals surface area contributed by atoms with E-state index in [4.69, 9.17) is 0 Å². The molecule has 0 aliphatic carbocycles. The van der Waals surface area contributed by atoms with Crippen LogP contribution in [0.5, 0.6) is 0 Å². The van der Waals surface area contributed by atoms with Crippen LogP contribution in [0, 0.1) is 11.7 Å². The summed E-state index contributed by atoms with van der Waals surface area (Å²) < 4.78 is 13.0. The Morgan fingerprint density at radius 3 is 2.63 bits per heavy atom. The molecule has 3 rings (SSSR count). The maximum atomic E-state index is 13.0.